The minimum atomic E-state index is -3.43. The molecule has 0 aliphatic carbocycles. The smallest absolute Gasteiger partial charge is 0.502 e. The fraction of sp³-hybridized carbons (Fsp3) is 0.962. The van der Waals surface area contributed by atoms with Crippen LogP contribution in [0.25, 0.3) is 0 Å². The molecule has 0 unspecified atom stereocenters. The Morgan fingerprint density at radius 2 is 0.429 bits per heavy atom. The van der Waals surface area contributed by atoms with Crippen LogP contribution in [-0.2, 0) is 4.79 Å². The average molecular weight is 799 g/mol. The van der Waals surface area contributed by atoms with E-state index in [0.717, 1.165) is 6.92 Å². The summed E-state index contributed by atoms with van der Waals surface area (Å²) in [4.78, 5) is 8.89. The molecule has 49 heavy (non-hydrogen) atoms. The molecule has 18 nitrogen and oxygen atoms in total. The van der Waals surface area contributed by atoms with Gasteiger partial charge in [-0.1, -0.05) is 0 Å². The highest BCUT2D eigenvalue weighted by atomic mass is 31.3. The molecule has 0 amide bonds. The third-order valence-corrected chi connectivity index (χ3v) is 28.0. The van der Waals surface area contributed by atoms with Gasteiger partial charge in [-0.3, -0.25) is 0 Å². The van der Waals surface area contributed by atoms with Crippen molar-refractivity contribution in [2.24, 2.45) is 18.1 Å². The summed E-state index contributed by atoms with van der Waals surface area (Å²) in [5.41, 5.74) is 0. The molecule has 0 aliphatic heterocycles. The molecule has 0 fully saturated rings. The third kappa shape index (κ3) is 11.2. The van der Waals surface area contributed by atoms with E-state index in [0.29, 0.717) is 0 Å². The van der Waals surface area contributed by atoms with Gasteiger partial charge in [-0.2, -0.15) is 0 Å². The highest BCUT2D eigenvalue weighted by Gasteiger charge is 2.56. The van der Waals surface area contributed by atoms with Gasteiger partial charge >= 0.3 is 7.87 Å². The van der Waals surface area contributed by atoms with Crippen molar-refractivity contribution in [3.8, 4) is 0 Å². The Bertz CT molecular complexity index is 978. The Kier molecular flexibility index (Phi) is 21.1. The van der Waals surface area contributed by atoms with Crippen LogP contribution in [0.15, 0.2) is 18.1 Å². The molecule has 0 aromatic carbocycles. The second-order valence-electron chi connectivity index (χ2n) is 13.7. The zero-order chi connectivity index (χ0) is 39.8. The first-order valence-electron chi connectivity index (χ1n) is 15.6. The van der Waals surface area contributed by atoms with Gasteiger partial charge in [0.05, 0.1) is 0 Å². The van der Waals surface area contributed by atoms with Crippen molar-refractivity contribution in [1.29, 1.82) is 0 Å². The van der Waals surface area contributed by atoms with Gasteiger partial charge in [0.1, 0.15) is 0 Å². The first kappa shape index (κ1) is 51.4. The summed E-state index contributed by atoms with van der Waals surface area (Å²) in [7, 11) is 36.8. The largest absolute Gasteiger partial charge is 0.550 e. The van der Waals surface area contributed by atoms with Gasteiger partial charge in [0.15, 0.2) is 0 Å². The fourth-order valence-corrected chi connectivity index (χ4v) is 30.2. The number of hydrogen-bond acceptors (Lipinski definition) is 6. The second-order valence-corrected chi connectivity index (χ2v) is 31.5. The summed E-state index contributed by atoms with van der Waals surface area (Å²) >= 11 is 0. The molecule has 0 saturated heterocycles. The number of carbonyl (C=O) groups is 1. The van der Waals surface area contributed by atoms with E-state index in [2.05, 4.69) is 225 Å². The second kappa shape index (κ2) is 20.1. The van der Waals surface area contributed by atoms with Crippen LogP contribution in [0.4, 0.5) is 0 Å². The molecule has 0 saturated carbocycles. The van der Waals surface area contributed by atoms with Gasteiger partial charge in [-0.25, -0.2) is 56.0 Å². The van der Waals surface area contributed by atoms with E-state index in [-0.39, 0.29) is 0 Å². The summed E-state index contributed by atoms with van der Waals surface area (Å²) in [6.07, 6.45) is 0. The van der Waals surface area contributed by atoms with Gasteiger partial charge in [0.2, 0.25) is 30.0 Å². The van der Waals surface area contributed by atoms with Crippen LogP contribution < -0.4 is 5.11 Å². The van der Waals surface area contributed by atoms with Gasteiger partial charge in [0.25, 0.3) is 0 Å². The maximum Gasteiger partial charge on any atom is 0.502 e. The molecular formula is C26H75N16O2P5. The van der Waals surface area contributed by atoms with E-state index in [1.165, 1.54) is 0 Å². The molecule has 0 radical (unpaired) electrons. The number of nitrogens with zero attached hydrogens (tertiary/aromatic N) is 16. The Morgan fingerprint density at radius 3 is 0.490 bits per heavy atom. The van der Waals surface area contributed by atoms with E-state index in [1.807, 2.05) is 0 Å². The Labute approximate surface area is 303 Å². The van der Waals surface area contributed by atoms with Crippen LogP contribution in [0, 0.1) is 0 Å². The third-order valence-electron chi connectivity index (χ3n) is 7.40. The molecule has 296 valence electrons. The van der Waals surface area contributed by atoms with Crippen molar-refractivity contribution < 1.29 is 9.90 Å². The molecule has 0 aromatic heterocycles. The number of carboxylic acid groups (broad SMARTS) is 1. The average Bonchev–Trinajstić information content (AvgIpc) is 2.89. The minimum absolute atomic E-state index is 0.972. The molecule has 0 atom stereocenters. The first-order valence-corrected chi connectivity index (χ1v) is 23.6. The predicted molar refractivity (Wildman–Crippen MR) is 219 cm³/mol. The Balaban J connectivity index is 0. The van der Waals surface area contributed by atoms with Crippen molar-refractivity contribution in [3.05, 3.63) is 0 Å². The normalized spacial score (nSPS) is 14.1. The lowest BCUT2D eigenvalue weighted by Crippen LogP contribution is -2.33. The summed E-state index contributed by atoms with van der Waals surface area (Å²) in [6.45, 7) is 0.972. The van der Waals surface area contributed by atoms with E-state index in [1.54, 1.807) is 0 Å². The number of carbonyl (C=O) groups excluding carboxylic acids is 1. The van der Waals surface area contributed by atoms with Crippen molar-refractivity contribution in [2.45, 2.75) is 6.92 Å². The Morgan fingerprint density at radius 1 is 0.347 bits per heavy atom. The quantitative estimate of drug-likeness (QED) is 0.209. The standard InChI is InChI=1S/C24H72N16P5.C2H4O2/c1-29(2)42(30(3)4,31(5)6)25-41(26-43(32(7)8,33(9)10)34(11)12,27-44(35(13)14,36(15)16)37(17)18)28-45(38(19)20,39(21)22)40(23)24;1-2(3)4/h1-24H3;1H3,(H,3,4)/q+1;/p-1. The monoisotopic (exact) mass is 798 g/mol. The molecule has 0 spiro atoms. The maximum absolute atomic E-state index is 8.89. The van der Waals surface area contributed by atoms with Gasteiger partial charge < -0.3 is 9.90 Å². The molecule has 0 aromatic rings. The molecule has 0 aliphatic rings. The van der Waals surface area contributed by atoms with Crippen LogP contribution >= 0.6 is 37.9 Å². The molecule has 23 heteroatoms. The molecule has 0 rings (SSSR count). The lowest BCUT2D eigenvalue weighted by atomic mass is 10.9. The summed E-state index contributed by atoms with van der Waals surface area (Å²) in [5, 5.41) is 8.89. The molecule has 0 bridgehead atoms. The van der Waals surface area contributed by atoms with Crippen molar-refractivity contribution in [3.63, 3.8) is 0 Å². The molecular weight excluding hydrogens is 723 g/mol. The Hall–Kier alpha value is 0.340. The van der Waals surface area contributed by atoms with Crippen LogP contribution in [0.2, 0.25) is 0 Å². The summed E-state index contributed by atoms with van der Waals surface area (Å²) < 4.78 is 51.2. The lowest BCUT2D eigenvalue weighted by molar-refractivity contribution is -0.302. The van der Waals surface area contributed by atoms with Crippen LogP contribution in [0.1, 0.15) is 6.92 Å². The van der Waals surface area contributed by atoms with E-state index >= 15 is 0 Å². The van der Waals surface area contributed by atoms with E-state index < -0.39 is 43.9 Å². The molecule has 0 heterocycles. The number of carboxylic acids is 1. The fourth-order valence-electron chi connectivity index (χ4n) is 6.00. The zero-order valence-corrected chi connectivity index (χ0v) is 40.2. The highest BCUT2D eigenvalue weighted by molar-refractivity contribution is 7.87. The topological polar surface area (TPSA) is 128 Å². The number of hydrogen-bond donors (Lipinski definition) is 0. The lowest BCUT2D eigenvalue weighted by Gasteiger charge is -2.44. The highest BCUT2D eigenvalue weighted by Crippen LogP contribution is 2.86. The van der Waals surface area contributed by atoms with Crippen LogP contribution in [0.3, 0.4) is 0 Å². The predicted octanol–water partition coefficient (Wildman–Crippen LogP) is 3.94. The van der Waals surface area contributed by atoms with Gasteiger partial charge in [-0.05, 0) is 194 Å². The van der Waals surface area contributed by atoms with Gasteiger partial charge in [0, 0.05) is 5.97 Å². The van der Waals surface area contributed by atoms with E-state index in [4.69, 9.17) is 28.0 Å². The van der Waals surface area contributed by atoms with E-state index in [9.17, 15) is 0 Å². The number of aliphatic carboxylic acids is 1. The van der Waals surface area contributed by atoms with Crippen molar-refractivity contribution in [2.75, 3.05) is 169 Å². The maximum atomic E-state index is 8.89. The van der Waals surface area contributed by atoms with Crippen molar-refractivity contribution in [1.82, 2.24) is 56.0 Å². The summed E-state index contributed by atoms with van der Waals surface area (Å²) in [5.74, 6) is -1.08. The van der Waals surface area contributed by atoms with Crippen LogP contribution in [-0.4, -0.2) is 231 Å². The minimum Gasteiger partial charge on any atom is -0.550 e. The van der Waals surface area contributed by atoms with Gasteiger partial charge in [-0.15, -0.1) is 0 Å². The zero-order valence-electron chi connectivity index (χ0n) is 35.7. The first-order chi connectivity index (χ1) is 21.9. The SMILES string of the molecule is CC(=O)[O-].CN(C)P(=N[P+](N=P(N(C)C)(N(C)C)N(C)C)(N=P(N(C)C)(N(C)C)N(C)C)N=P(N(C)C)(N(C)C)N(C)C)(N(C)C)N(C)C. The number of rotatable bonds is 16. The molecule has 0 N–H and O–H groups in total. The van der Waals surface area contributed by atoms with Crippen molar-refractivity contribution >= 4 is 43.9 Å². The van der Waals surface area contributed by atoms with Crippen LogP contribution in [0.5, 0.6) is 0 Å². The summed E-state index contributed by atoms with van der Waals surface area (Å²) in [6, 6.07) is 0.